The predicted octanol–water partition coefficient (Wildman–Crippen LogP) is 4.90. The zero-order valence-electron chi connectivity index (χ0n) is 15.6. The zero-order chi connectivity index (χ0) is 17.1. The highest BCUT2D eigenvalue weighted by Gasteiger charge is 2.40. The Bertz CT molecular complexity index is 472. The lowest BCUT2D eigenvalue weighted by molar-refractivity contribution is 0.139. The summed E-state index contributed by atoms with van der Waals surface area (Å²) < 4.78 is 6.71. The first-order chi connectivity index (χ1) is 10.7. The predicted molar refractivity (Wildman–Crippen MR) is 99.7 cm³/mol. The van der Waals surface area contributed by atoms with E-state index in [0.717, 1.165) is 6.42 Å². The average molecular weight is 335 g/mol. The highest BCUT2D eigenvalue weighted by atomic mass is 28.4. The monoisotopic (exact) mass is 334 g/mol. The smallest absolute Gasteiger partial charge is 0.193 e. The van der Waals surface area contributed by atoms with Crippen molar-refractivity contribution in [2.45, 2.75) is 89.6 Å². The Hall–Kier alpha value is -0.563. The molecule has 1 saturated carbocycles. The number of aliphatic hydroxyl groups excluding tert-OH is 1. The molecule has 130 valence electrons. The molecule has 0 aromatic carbocycles. The van der Waals surface area contributed by atoms with Crippen molar-refractivity contribution in [2.24, 2.45) is 11.8 Å². The molecule has 0 aromatic heterocycles. The number of aliphatic hydroxyl groups is 1. The van der Waals surface area contributed by atoms with Gasteiger partial charge in [-0.1, -0.05) is 64.0 Å². The Morgan fingerprint density at radius 1 is 1.13 bits per heavy atom. The minimum atomic E-state index is -1.81. The molecule has 0 bridgehead atoms. The van der Waals surface area contributed by atoms with Crippen molar-refractivity contribution in [2.75, 3.05) is 0 Å². The molecule has 0 aromatic rings. The largest absolute Gasteiger partial charge is 0.403 e. The first kappa shape index (κ1) is 18.8. The third-order valence-corrected chi connectivity index (χ3v) is 10.2. The number of rotatable bonds is 3. The maximum absolute atomic E-state index is 9.63. The van der Waals surface area contributed by atoms with Gasteiger partial charge in [0.25, 0.3) is 0 Å². The maximum Gasteiger partial charge on any atom is 0.193 e. The molecule has 0 amide bonds. The fraction of sp³-hybridized carbons (Fsp3) is 0.800. The summed E-state index contributed by atoms with van der Waals surface area (Å²) in [6.07, 6.45) is 10.9. The van der Waals surface area contributed by atoms with Gasteiger partial charge in [-0.05, 0) is 43.3 Å². The molecule has 0 radical (unpaired) electrons. The number of hydrogen-bond acceptors (Lipinski definition) is 2. The van der Waals surface area contributed by atoms with Gasteiger partial charge < -0.3 is 9.53 Å². The second-order valence-corrected chi connectivity index (χ2v) is 13.5. The first-order valence-electron chi connectivity index (χ1n) is 9.24. The summed E-state index contributed by atoms with van der Waals surface area (Å²) in [6.45, 7) is 11.5. The molecule has 0 saturated heterocycles. The van der Waals surface area contributed by atoms with Gasteiger partial charge in [0.2, 0.25) is 0 Å². The van der Waals surface area contributed by atoms with Crippen LogP contribution in [0, 0.1) is 23.7 Å². The van der Waals surface area contributed by atoms with Crippen molar-refractivity contribution >= 4 is 8.32 Å². The van der Waals surface area contributed by atoms with Crippen molar-refractivity contribution in [3.05, 3.63) is 12.2 Å². The topological polar surface area (TPSA) is 29.5 Å². The van der Waals surface area contributed by atoms with Gasteiger partial charge in [0.15, 0.2) is 8.32 Å². The maximum atomic E-state index is 9.63. The first-order valence-corrected chi connectivity index (χ1v) is 12.1. The van der Waals surface area contributed by atoms with Gasteiger partial charge in [0, 0.05) is 5.92 Å². The second-order valence-electron chi connectivity index (χ2n) is 8.78. The van der Waals surface area contributed by atoms with Gasteiger partial charge in [-0.25, -0.2) is 0 Å². The minimum absolute atomic E-state index is 0.0716. The highest BCUT2D eigenvalue weighted by molar-refractivity contribution is 6.74. The molecule has 2 aliphatic carbocycles. The summed E-state index contributed by atoms with van der Waals surface area (Å²) in [5.74, 6) is 7.64. The van der Waals surface area contributed by atoms with E-state index >= 15 is 0 Å². The van der Waals surface area contributed by atoms with E-state index in [0.29, 0.717) is 5.92 Å². The van der Waals surface area contributed by atoms with Crippen LogP contribution in [0.2, 0.25) is 18.1 Å². The normalized spacial score (nSPS) is 27.6. The standard InChI is InChI=1S/C20H34O2Si/c1-20(2,3)23(4,5)22-19(17-9-7-6-8-10-17)14-12-16-11-13-18(21)15-16/h11,13,16-19,21H,6-10,15H2,1-5H3/t16-,18-,19?/m1/s1. The summed E-state index contributed by atoms with van der Waals surface area (Å²) in [7, 11) is -1.81. The zero-order valence-corrected chi connectivity index (χ0v) is 16.6. The molecular weight excluding hydrogens is 300 g/mol. The van der Waals surface area contributed by atoms with E-state index < -0.39 is 8.32 Å². The lowest BCUT2D eigenvalue weighted by atomic mass is 9.85. The van der Waals surface area contributed by atoms with Crippen molar-refractivity contribution in [1.29, 1.82) is 0 Å². The van der Waals surface area contributed by atoms with Crippen LogP contribution in [-0.4, -0.2) is 25.6 Å². The van der Waals surface area contributed by atoms with Crippen molar-refractivity contribution in [3.63, 3.8) is 0 Å². The molecule has 1 N–H and O–H groups in total. The molecule has 3 heteroatoms. The summed E-state index contributed by atoms with van der Waals surface area (Å²) in [5.41, 5.74) is 0. The molecule has 0 spiro atoms. The summed E-state index contributed by atoms with van der Waals surface area (Å²) in [4.78, 5) is 0. The van der Waals surface area contributed by atoms with Gasteiger partial charge in [-0.15, -0.1) is 0 Å². The van der Waals surface area contributed by atoms with Gasteiger partial charge in [0.1, 0.15) is 6.10 Å². The number of hydrogen-bond donors (Lipinski definition) is 1. The SMILES string of the molecule is CC(C)(C)[Si](C)(C)OC(C#C[C@H]1C=C[C@@H](O)C1)C1CCCCC1. The van der Waals surface area contributed by atoms with Crippen LogP contribution >= 0.6 is 0 Å². The van der Waals surface area contributed by atoms with E-state index in [-0.39, 0.29) is 23.2 Å². The quantitative estimate of drug-likeness (QED) is 0.452. The lowest BCUT2D eigenvalue weighted by Crippen LogP contribution is -2.45. The Kier molecular flexibility index (Phi) is 6.16. The van der Waals surface area contributed by atoms with E-state index in [1.807, 2.05) is 12.2 Å². The Morgan fingerprint density at radius 3 is 2.30 bits per heavy atom. The van der Waals surface area contributed by atoms with Crippen LogP contribution in [0.15, 0.2) is 12.2 Å². The summed E-state index contributed by atoms with van der Waals surface area (Å²) in [5, 5.41) is 9.84. The average Bonchev–Trinajstić information content (AvgIpc) is 2.89. The molecule has 2 aliphatic rings. The van der Waals surface area contributed by atoms with E-state index in [9.17, 15) is 5.11 Å². The molecular formula is C20H34O2Si. The van der Waals surface area contributed by atoms with Crippen molar-refractivity contribution in [1.82, 2.24) is 0 Å². The van der Waals surface area contributed by atoms with E-state index in [4.69, 9.17) is 4.43 Å². The van der Waals surface area contributed by atoms with E-state index in [1.165, 1.54) is 32.1 Å². The van der Waals surface area contributed by atoms with Crippen LogP contribution in [0.4, 0.5) is 0 Å². The van der Waals surface area contributed by atoms with Gasteiger partial charge in [-0.3, -0.25) is 0 Å². The van der Waals surface area contributed by atoms with Crippen LogP contribution in [-0.2, 0) is 4.43 Å². The fourth-order valence-corrected chi connectivity index (χ4v) is 4.39. The minimum Gasteiger partial charge on any atom is -0.403 e. The van der Waals surface area contributed by atoms with Gasteiger partial charge in [-0.2, -0.15) is 0 Å². The molecule has 2 rings (SSSR count). The fourth-order valence-electron chi connectivity index (χ4n) is 3.15. The van der Waals surface area contributed by atoms with E-state index in [2.05, 4.69) is 45.7 Å². The van der Waals surface area contributed by atoms with Gasteiger partial charge >= 0.3 is 0 Å². The summed E-state index contributed by atoms with van der Waals surface area (Å²) in [6, 6.07) is 0. The lowest BCUT2D eigenvalue weighted by Gasteiger charge is -2.40. The van der Waals surface area contributed by atoms with Gasteiger partial charge in [0.05, 0.1) is 6.10 Å². The summed E-state index contributed by atoms with van der Waals surface area (Å²) >= 11 is 0. The van der Waals surface area contributed by atoms with Crippen LogP contribution < -0.4 is 0 Å². The molecule has 0 aliphatic heterocycles. The third-order valence-electron chi connectivity index (χ3n) is 5.78. The molecule has 1 fully saturated rings. The van der Waals surface area contributed by atoms with Crippen LogP contribution in [0.25, 0.3) is 0 Å². The molecule has 0 heterocycles. The molecule has 23 heavy (non-hydrogen) atoms. The van der Waals surface area contributed by atoms with Crippen LogP contribution in [0.3, 0.4) is 0 Å². The highest BCUT2D eigenvalue weighted by Crippen LogP contribution is 2.39. The van der Waals surface area contributed by atoms with Crippen LogP contribution in [0.1, 0.15) is 59.3 Å². The van der Waals surface area contributed by atoms with Crippen LogP contribution in [0.5, 0.6) is 0 Å². The molecule has 2 nitrogen and oxygen atoms in total. The Balaban J connectivity index is 2.12. The Labute approximate surface area is 143 Å². The third kappa shape index (κ3) is 5.21. The Morgan fingerprint density at radius 2 is 1.78 bits per heavy atom. The van der Waals surface area contributed by atoms with Crippen molar-refractivity contribution in [3.8, 4) is 11.8 Å². The molecule has 3 atom stereocenters. The van der Waals surface area contributed by atoms with E-state index in [1.54, 1.807) is 0 Å². The van der Waals surface area contributed by atoms with Crippen molar-refractivity contribution < 1.29 is 9.53 Å². The molecule has 1 unspecified atom stereocenters. The number of allylic oxidation sites excluding steroid dienone is 1. The second kappa shape index (κ2) is 7.55.